The van der Waals surface area contributed by atoms with Gasteiger partial charge in [0.25, 0.3) is 0 Å². The largest absolute Gasteiger partial charge is 0.364 e. The number of hydrogen-bond acceptors (Lipinski definition) is 2. The summed E-state index contributed by atoms with van der Waals surface area (Å²) in [7, 11) is 0. The van der Waals surface area contributed by atoms with Gasteiger partial charge in [-0.05, 0) is 32.1 Å². The monoisotopic (exact) mass is 140 g/mol. The van der Waals surface area contributed by atoms with Crippen molar-refractivity contribution in [3.63, 3.8) is 0 Å². The Kier molecular flexibility index (Phi) is 1.31. The van der Waals surface area contributed by atoms with Gasteiger partial charge in [-0.25, -0.2) is 0 Å². The highest BCUT2D eigenvalue weighted by molar-refractivity contribution is 5.56. The lowest BCUT2D eigenvalue weighted by Crippen LogP contribution is -2.36. The standard InChI is InChI=1S/C8H12O2/c9-6-7-2-5-8(10-7)3-1-4-8/h6-7H,1-5H2. The summed E-state index contributed by atoms with van der Waals surface area (Å²) in [6, 6.07) is 0. The van der Waals surface area contributed by atoms with Gasteiger partial charge in [-0.2, -0.15) is 0 Å². The first-order valence-electron chi connectivity index (χ1n) is 3.98. The van der Waals surface area contributed by atoms with Crippen LogP contribution in [-0.4, -0.2) is 18.0 Å². The highest BCUT2D eigenvalue weighted by atomic mass is 16.5. The zero-order chi connectivity index (χ0) is 7.03. The van der Waals surface area contributed by atoms with Gasteiger partial charge in [0.05, 0.1) is 5.60 Å². The second kappa shape index (κ2) is 2.06. The maximum Gasteiger partial charge on any atom is 0.148 e. The van der Waals surface area contributed by atoms with Crippen molar-refractivity contribution >= 4 is 6.29 Å². The molecule has 56 valence electrons. The van der Waals surface area contributed by atoms with Crippen LogP contribution in [0.4, 0.5) is 0 Å². The molecule has 2 rings (SSSR count). The minimum atomic E-state index is -0.0831. The molecule has 0 radical (unpaired) electrons. The molecule has 0 aromatic heterocycles. The van der Waals surface area contributed by atoms with Crippen molar-refractivity contribution in [2.75, 3.05) is 0 Å². The van der Waals surface area contributed by atoms with Crippen molar-refractivity contribution < 1.29 is 9.53 Å². The summed E-state index contributed by atoms with van der Waals surface area (Å²) >= 11 is 0. The lowest BCUT2D eigenvalue weighted by Gasteiger charge is -2.37. The molecular weight excluding hydrogens is 128 g/mol. The zero-order valence-electron chi connectivity index (χ0n) is 6.01. The Bertz CT molecular complexity index is 149. The van der Waals surface area contributed by atoms with Gasteiger partial charge in [0.2, 0.25) is 0 Å². The van der Waals surface area contributed by atoms with Crippen LogP contribution in [0.3, 0.4) is 0 Å². The maximum absolute atomic E-state index is 10.3. The van der Waals surface area contributed by atoms with Gasteiger partial charge in [-0.3, -0.25) is 0 Å². The number of carbonyl (C=O) groups excluding carboxylic acids is 1. The molecule has 1 aliphatic carbocycles. The van der Waals surface area contributed by atoms with E-state index in [0.717, 1.165) is 19.1 Å². The molecule has 0 aromatic carbocycles. The first kappa shape index (κ1) is 6.35. The number of carbonyl (C=O) groups is 1. The van der Waals surface area contributed by atoms with Gasteiger partial charge in [-0.1, -0.05) is 0 Å². The molecule has 2 fully saturated rings. The average Bonchev–Trinajstić information content (AvgIpc) is 2.29. The molecule has 0 N–H and O–H groups in total. The minimum absolute atomic E-state index is 0.0831. The quantitative estimate of drug-likeness (QED) is 0.513. The summed E-state index contributed by atoms with van der Waals surface area (Å²) in [5.74, 6) is 0. The Balaban J connectivity index is 1.98. The van der Waals surface area contributed by atoms with Crippen LogP contribution in [0.15, 0.2) is 0 Å². The van der Waals surface area contributed by atoms with Gasteiger partial charge < -0.3 is 9.53 Å². The average molecular weight is 140 g/mol. The summed E-state index contributed by atoms with van der Waals surface area (Å²) in [6.07, 6.45) is 6.55. The molecule has 1 spiro atoms. The van der Waals surface area contributed by atoms with E-state index >= 15 is 0 Å². The van der Waals surface area contributed by atoms with E-state index in [-0.39, 0.29) is 11.7 Å². The van der Waals surface area contributed by atoms with Crippen LogP contribution in [-0.2, 0) is 9.53 Å². The van der Waals surface area contributed by atoms with Crippen LogP contribution < -0.4 is 0 Å². The van der Waals surface area contributed by atoms with Gasteiger partial charge in [0.15, 0.2) is 0 Å². The summed E-state index contributed by atoms with van der Waals surface area (Å²) in [5.41, 5.74) is 0.158. The van der Waals surface area contributed by atoms with Gasteiger partial charge in [-0.15, -0.1) is 0 Å². The molecule has 2 heteroatoms. The summed E-state index contributed by atoms with van der Waals surface area (Å²) < 4.78 is 5.57. The highest BCUT2D eigenvalue weighted by Crippen LogP contribution is 2.44. The fraction of sp³-hybridized carbons (Fsp3) is 0.875. The van der Waals surface area contributed by atoms with Crippen LogP contribution in [0.2, 0.25) is 0 Å². The van der Waals surface area contributed by atoms with Gasteiger partial charge in [0, 0.05) is 0 Å². The van der Waals surface area contributed by atoms with Crippen LogP contribution in [0, 0.1) is 0 Å². The number of hydrogen-bond donors (Lipinski definition) is 0. The molecule has 1 heterocycles. The van der Waals surface area contributed by atoms with E-state index in [1.165, 1.54) is 19.3 Å². The predicted octanol–water partition coefficient (Wildman–Crippen LogP) is 1.29. The van der Waals surface area contributed by atoms with E-state index in [0.29, 0.717) is 0 Å². The topological polar surface area (TPSA) is 26.3 Å². The smallest absolute Gasteiger partial charge is 0.148 e. The normalized spacial score (nSPS) is 35.8. The van der Waals surface area contributed by atoms with Crippen molar-refractivity contribution in [2.24, 2.45) is 0 Å². The first-order chi connectivity index (χ1) is 4.85. The Hall–Kier alpha value is -0.370. The van der Waals surface area contributed by atoms with Crippen molar-refractivity contribution in [1.29, 1.82) is 0 Å². The third-order valence-electron chi connectivity index (χ3n) is 2.70. The minimum Gasteiger partial charge on any atom is -0.364 e. The molecule has 0 amide bonds. The molecular formula is C8H12O2. The van der Waals surface area contributed by atoms with Crippen LogP contribution in [0.5, 0.6) is 0 Å². The van der Waals surface area contributed by atoms with E-state index in [1.807, 2.05) is 0 Å². The Morgan fingerprint density at radius 3 is 2.50 bits per heavy atom. The van der Waals surface area contributed by atoms with Gasteiger partial charge >= 0.3 is 0 Å². The lowest BCUT2D eigenvalue weighted by atomic mass is 9.78. The summed E-state index contributed by atoms with van der Waals surface area (Å²) in [6.45, 7) is 0. The second-order valence-corrected chi connectivity index (χ2v) is 3.37. The van der Waals surface area contributed by atoms with Crippen molar-refractivity contribution in [1.82, 2.24) is 0 Å². The molecule has 1 aliphatic heterocycles. The van der Waals surface area contributed by atoms with Crippen LogP contribution in [0.25, 0.3) is 0 Å². The number of aldehydes is 1. The summed E-state index contributed by atoms with van der Waals surface area (Å²) in [4.78, 5) is 10.3. The fourth-order valence-corrected chi connectivity index (χ4v) is 1.88. The molecule has 1 saturated heterocycles. The molecule has 1 saturated carbocycles. The number of ether oxygens (including phenoxy) is 1. The van der Waals surface area contributed by atoms with E-state index in [2.05, 4.69) is 0 Å². The van der Waals surface area contributed by atoms with Crippen LogP contribution in [0.1, 0.15) is 32.1 Å². The van der Waals surface area contributed by atoms with E-state index in [1.54, 1.807) is 0 Å². The lowest BCUT2D eigenvalue weighted by molar-refractivity contribution is -0.130. The van der Waals surface area contributed by atoms with Crippen LogP contribution >= 0.6 is 0 Å². The van der Waals surface area contributed by atoms with Crippen molar-refractivity contribution in [3.8, 4) is 0 Å². The molecule has 2 nitrogen and oxygen atoms in total. The first-order valence-corrected chi connectivity index (χ1v) is 3.98. The zero-order valence-corrected chi connectivity index (χ0v) is 6.01. The van der Waals surface area contributed by atoms with Crippen molar-refractivity contribution in [2.45, 2.75) is 43.8 Å². The van der Waals surface area contributed by atoms with Gasteiger partial charge in [0.1, 0.15) is 12.4 Å². The Morgan fingerprint density at radius 2 is 2.20 bits per heavy atom. The predicted molar refractivity (Wildman–Crippen MR) is 36.8 cm³/mol. The third-order valence-corrected chi connectivity index (χ3v) is 2.70. The Labute approximate surface area is 60.6 Å². The highest BCUT2D eigenvalue weighted by Gasteiger charge is 2.44. The molecule has 2 aliphatic rings. The molecule has 10 heavy (non-hydrogen) atoms. The van der Waals surface area contributed by atoms with E-state index in [9.17, 15) is 4.79 Å². The van der Waals surface area contributed by atoms with Crippen molar-refractivity contribution in [3.05, 3.63) is 0 Å². The van der Waals surface area contributed by atoms with E-state index < -0.39 is 0 Å². The fourth-order valence-electron chi connectivity index (χ4n) is 1.88. The molecule has 0 aromatic rings. The van der Waals surface area contributed by atoms with E-state index in [4.69, 9.17) is 4.74 Å². The summed E-state index contributed by atoms with van der Waals surface area (Å²) in [5, 5.41) is 0. The molecule has 1 unspecified atom stereocenters. The SMILES string of the molecule is O=CC1CCC2(CCC2)O1. The third kappa shape index (κ3) is 0.788. The Morgan fingerprint density at radius 1 is 1.40 bits per heavy atom. The maximum atomic E-state index is 10.3. The second-order valence-electron chi connectivity index (χ2n) is 3.37. The molecule has 1 atom stereocenters. The number of rotatable bonds is 1. The molecule has 0 bridgehead atoms.